The highest BCUT2D eigenvalue weighted by Gasteiger charge is 2.43. The maximum Gasteiger partial charge on any atom is 0.142 e. The van der Waals surface area contributed by atoms with Crippen molar-refractivity contribution in [1.82, 2.24) is 15.0 Å². The van der Waals surface area contributed by atoms with Gasteiger partial charge in [-0.1, -0.05) is 25.1 Å². The van der Waals surface area contributed by atoms with E-state index in [1.54, 1.807) is 6.20 Å². The third-order valence-electron chi connectivity index (χ3n) is 4.71. The SMILES string of the molecule is C.Nc1ncnc2[nH]ccc12.OC1COC(C2OCc3ccc(Cl)cc32)C1O. The molecule has 0 bridgehead atoms. The molecular formula is C19H23ClN4O4. The Balaban J connectivity index is 0.000000175. The molecule has 150 valence electrons. The molecule has 0 spiro atoms. The number of hydrogen-bond donors (Lipinski definition) is 4. The Morgan fingerprint density at radius 3 is 2.71 bits per heavy atom. The van der Waals surface area contributed by atoms with Gasteiger partial charge in [-0.25, -0.2) is 9.97 Å². The highest BCUT2D eigenvalue weighted by Crippen LogP contribution is 2.39. The van der Waals surface area contributed by atoms with Gasteiger partial charge < -0.3 is 30.4 Å². The molecule has 1 fully saturated rings. The summed E-state index contributed by atoms with van der Waals surface area (Å²) in [5.41, 5.74) is 8.31. The number of aromatic nitrogens is 3. The number of ether oxygens (including phenoxy) is 2. The number of nitrogens with zero attached hydrogens (tertiary/aromatic N) is 2. The summed E-state index contributed by atoms with van der Waals surface area (Å²) < 4.78 is 11.0. The number of aliphatic hydroxyl groups is 2. The molecule has 28 heavy (non-hydrogen) atoms. The quantitative estimate of drug-likeness (QED) is 0.488. The molecule has 2 aromatic heterocycles. The Labute approximate surface area is 167 Å². The van der Waals surface area contributed by atoms with Gasteiger partial charge in [-0.05, 0) is 29.3 Å². The average molecular weight is 407 g/mol. The van der Waals surface area contributed by atoms with E-state index in [1.807, 2.05) is 24.3 Å². The van der Waals surface area contributed by atoms with Crippen LogP contribution in [0.2, 0.25) is 5.02 Å². The minimum Gasteiger partial charge on any atom is -0.388 e. The molecule has 2 aliphatic heterocycles. The minimum absolute atomic E-state index is 0. The number of rotatable bonds is 1. The van der Waals surface area contributed by atoms with Crippen LogP contribution in [-0.2, 0) is 16.1 Å². The van der Waals surface area contributed by atoms with Crippen molar-refractivity contribution < 1.29 is 19.7 Å². The number of hydrogen-bond acceptors (Lipinski definition) is 7. The summed E-state index contributed by atoms with van der Waals surface area (Å²) in [4.78, 5) is 10.7. The molecular weight excluding hydrogens is 384 g/mol. The molecule has 9 heteroatoms. The Morgan fingerprint density at radius 2 is 2.00 bits per heavy atom. The van der Waals surface area contributed by atoms with Gasteiger partial charge in [0.05, 0.1) is 18.6 Å². The first kappa shape index (κ1) is 20.5. The largest absolute Gasteiger partial charge is 0.388 e. The summed E-state index contributed by atoms with van der Waals surface area (Å²) >= 11 is 5.95. The van der Waals surface area contributed by atoms with Crippen molar-refractivity contribution in [3.8, 4) is 0 Å². The monoisotopic (exact) mass is 406 g/mol. The van der Waals surface area contributed by atoms with Gasteiger partial charge in [-0.2, -0.15) is 0 Å². The molecule has 5 rings (SSSR count). The van der Waals surface area contributed by atoms with Crippen LogP contribution in [0.4, 0.5) is 5.82 Å². The van der Waals surface area contributed by atoms with Gasteiger partial charge in [0.25, 0.3) is 0 Å². The predicted octanol–water partition coefficient (Wildman–Crippen LogP) is 2.21. The number of nitrogens with two attached hydrogens (primary N) is 1. The van der Waals surface area contributed by atoms with Crippen molar-refractivity contribution in [2.24, 2.45) is 0 Å². The second-order valence-corrected chi connectivity index (χ2v) is 6.87. The molecule has 0 aliphatic carbocycles. The lowest BCUT2D eigenvalue weighted by atomic mass is 9.98. The molecule has 4 atom stereocenters. The Kier molecular flexibility index (Phi) is 6.17. The zero-order valence-electron chi connectivity index (χ0n) is 14.2. The van der Waals surface area contributed by atoms with Crippen molar-refractivity contribution >= 4 is 28.5 Å². The Hall–Kier alpha value is -2.23. The van der Waals surface area contributed by atoms with Gasteiger partial charge in [0.15, 0.2) is 0 Å². The third kappa shape index (κ3) is 3.82. The van der Waals surface area contributed by atoms with Gasteiger partial charge in [-0.15, -0.1) is 0 Å². The third-order valence-corrected chi connectivity index (χ3v) is 4.94. The second-order valence-electron chi connectivity index (χ2n) is 6.43. The molecule has 0 amide bonds. The Morgan fingerprint density at radius 1 is 1.18 bits per heavy atom. The molecule has 1 saturated heterocycles. The number of anilines is 1. The fraction of sp³-hybridized carbons (Fsp3) is 0.368. The summed E-state index contributed by atoms with van der Waals surface area (Å²) in [7, 11) is 0. The lowest BCUT2D eigenvalue weighted by Crippen LogP contribution is -2.34. The van der Waals surface area contributed by atoms with Crippen molar-refractivity contribution in [3.05, 3.63) is 52.9 Å². The summed E-state index contributed by atoms with van der Waals surface area (Å²) in [5.74, 6) is 0.520. The number of H-pyrrole nitrogens is 1. The first-order valence-electron chi connectivity index (χ1n) is 8.46. The summed E-state index contributed by atoms with van der Waals surface area (Å²) in [5, 5.41) is 20.8. The normalized spacial score (nSPS) is 25.7. The fourth-order valence-electron chi connectivity index (χ4n) is 3.29. The van der Waals surface area contributed by atoms with Crippen LogP contribution >= 0.6 is 11.6 Å². The zero-order chi connectivity index (χ0) is 19.0. The van der Waals surface area contributed by atoms with E-state index >= 15 is 0 Å². The maximum absolute atomic E-state index is 9.82. The van der Waals surface area contributed by atoms with E-state index < -0.39 is 18.3 Å². The van der Waals surface area contributed by atoms with Crippen molar-refractivity contribution in [2.45, 2.75) is 38.4 Å². The van der Waals surface area contributed by atoms with E-state index in [9.17, 15) is 10.2 Å². The Bertz CT molecular complexity index is 951. The van der Waals surface area contributed by atoms with Crippen LogP contribution in [0.1, 0.15) is 24.7 Å². The highest BCUT2D eigenvalue weighted by molar-refractivity contribution is 6.30. The van der Waals surface area contributed by atoms with E-state index in [0.29, 0.717) is 17.4 Å². The van der Waals surface area contributed by atoms with Crippen LogP contribution in [0.25, 0.3) is 11.0 Å². The van der Waals surface area contributed by atoms with Crippen LogP contribution in [0, 0.1) is 0 Å². The second kappa shape index (κ2) is 8.42. The van der Waals surface area contributed by atoms with E-state index in [2.05, 4.69) is 15.0 Å². The standard InChI is InChI=1S/C12H13ClO4.C6H6N4.CH4/c13-7-2-1-6-4-16-11(8(6)3-7)12-10(15)9(14)5-17-12;7-5-4-1-2-8-6(4)10-3-9-5;/h1-3,9-12,14-15H,4-5H2;1-3H,(H3,7,8,9,10);1H4. The van der Waals surface area contributed by atoms with E-state index in [-0.39, 0.29) is 20.1 Å². The zero-order valence-corrected chi connectivity index (χ0v) is 15.0. The van der Waals surface area contributed by atoms with E-state index in [0.717, 1.165) is 22.2 Å². The van der Waals surface area contributed by atoms with Crippen LogP contribution in [0.3, 0.4) is 0 Å². The topological polar surface area (TPSA) is 127 Å². The average Bonchev–Trinajstić information content (AvgIpc) is 3.36. The van der Waals surface area contributed by atoms with Crippen LogP contribution in [0.15, 0.2) is 36.8 Å². The van der Waals surface area contributed by atoms with E-state index in [1.165, 1.54) is 6.33 Å². The molecule has 3 aromatic rings. The van der Waals surface area contributed by atoms with Gasteiger partial charge in [-0.3, -0.25) is 0 Å². The van der Waals surface area contributed by atoms with Crippen molar-refractivity contribution in [2.75, 3.05) is 12.3 Å². The number of benzene rings is 1. The molecule has 2 aliphatic rings. The van der Waals surface area contributed by atoms with Gasteiger partial charge in [0.1, 0.15) is 42.2 Å². The van der Waals surface area contributed by atoms with Crippen molar-refractivity contribution in [1.29, 1.82) is 0 Å². The summed E-state index contributed by atoms with van der Waals surface area (Å²) in [6.45, 7) is 0.626. The predicted molar refractivity (Wildman–Crippen MR) is 106 cm³/mol. The highest BCUT2D eigenvalue weighted by atomic mass is 35.5. The summed E-state index contributed by atoms with van der Waals surface area (Å²) in [6, 6.07) is 7.41. The number of nitrogens with one attached hydrogen (secondary N) is 1. The smallest absolute Gasteiger partial charge is 0.142 e. The van der Waals surface area contributed by atoms with Crippen LogP contribution in [0.5, 0.6) is 0 Å². The van der Waals surface area contributed by atoms with Crippen LogP contribution < -0.4 is 5.73 Å². The van der Waals surface area contributed by atoms with Crippen molar-refractivity contribution in [3.63, 3.8) is 0 Å². The molecule has 1 aromatic carbocycles. The number of aromatic amines is 1. The van der Waals surface area contributed by atoms with Gasteiger partial charge in [0.2, 0.25) is 0 Å². The fourth-order valence-corrected chi connectivity index (χ4v) is 3.47. The molecule has 0 saturated carbocycles. The maximum atomic E-state index is 9.82. The van der Waals surface area contributed by atoms with Crippen LogP contribution in [-0.4, -0.2) is 50.1 Å². The lowest BCUT2D eigenvalue weighted by Gasteiger charge is -2.21. The van der Waals surface area contributed by atoms with Gasteiger partial charge in [0, 0.05) is 11.2 Å². The molecule has 5 N–H and O–H groups in total. The molecule has 4 heterocycles. The molecule has 8 nitrogen and oxygen atoms in total. The number of nitrogen functional groups attached to an aromatic ring is 1. The first-order chi connectivity index (χ1) is 13.0. The van der Waals surface area contributed by atoms with Gasteiger partial charge >= 0.3 is 0 Å². The molecule has 0 radical (unpaired) electrons. The lowest BCUT2D eigenvalue weighted by molar-refractivity contribution is -0.0786. The summed E-state index contributed by atoms with van der Waals surface area (Å²) in [6.07, 6.45) is 0.599. The number of halogens is 1. The van der Waals surface area contributed by atoms with E-state index in [4.69, 9.17) is 26.8 Å². The minimum atomic E-state index is -0.912. The number of aliphatic hydroxyl groups excluding tert-OH is 2. The molecule has 4 unspecified atom stereocenters. The first-order valence-corrected chi connectivity index (χ1v) is 8.83. The number of fused-ring (bicyclic) bond motifs is 2.